The van der Waals surface area contributed by atoms with E-state index < -0.39 is 36.6 Å². The van der Waals surface area contributed by atoms with Crippen LogP contribution in [-0.4, -0.2) is 84.0 Å². The maximum Gasteiger partial charge on any atom is 0.407 e. The fraction of sp³-hybridized carbons (Fsp3) is 0.654. The largest absolute Gasteiger partial charge is 0.444 e. The van der Waals surface area contributed by atoms with Crippen molar-refractivity contribution in [1.82, 2.24) is 20.4 Å². The first-order valence-corrected chi connectivity index (χ1v) is 12.6. The number of nitrogens with zero attached hydrogens (tertiary/aromatic N) is 2. The predicted octanol–water partition coefficient (Wildman–Crippen LogP) is 3.42. The molecule has 0 saturated carbocycles. The number of alkyl halides is 2. The molecule has 0 unspecified atom stereocenters. The Morgan fingerprint density at radius 1 is 1.22 bits per heavy atom. The van der Waals surface area contributed by atoms with E-state index in [2.05, 4.69) is 15.5 Å². The maximum atomic E-state index is 14.0. The summed E-state index contributed by atoms with van der Waals surface area (Å²) >= 11 is 0. The average molecular weight is 509 g/mol. The van der Waals surface area contributed by atoms with E-state index in [1.165, 1.54) is 0 Å². The van der Waals surface area contributed by atoms with Crippen molar-refractivity contribution < 1.29 is 27.9 Å². The van der Waals surface area contributed by atoms with Gasteiger partial charge in [-0.15, -0.1) is 0 Å². The number of alkyl carbamates (subject to hydrolysis) is 1. The number of piperidine rings is 1. The van der Waals surface area contributed by atoms with Crippen LogP contribution in [0.15, 0.2) is 30.3 Å². The molecule has 2 heterocycles. The van der Waals surface area contributed by atoms with E-state index in [1.807, 2.05) is 18.2 Å². The third-order valence-electron chi connectivity index (χ3n) is 6.44. The van der Waals surface area contributed by atoms with E-state index in [0.717, 1.165) is 24.3 Å². The lowest BCUT2D eigenvalue weighted by Crippen LogP contribution is -2.53. The van der Waals surface area contributed by atoms with Gasteiger partial charge in [-0.05, 0) is 58.7 Å². The van der Waals surface area contributed by atoms with Gasteiger partial charge in [0.25, 0.3) is 11.8 Å². The topological polar surface area (TPSA) is 91.0 Å². The summed E-state index contributed by atoms with van der Waals surface area (Å²) in [4.78, 5) is 40.6. The van der Waals surface area contributed by atoms with Crippen molar-refractivity contribution in [1.29, 1.82) is 0 Å². The van der Waals surface area contributed by atoms with Crippen molar-refractivity contribution in [3.8, 4) is 0 Å². The number of rotatable bonds is 9. The van der Waals surface area contributed by atoms with Gasteiger partial charge in [0.15, 0.2) is 0 Å². The molecule has 10 heteroatoms. The lowest BCUT2D eigenvalue weighted by molar-refractivity contribution is -0.147. The summed E-state index contributed by atoms with van der Waals surface area (Å²) in [5.74, 6) is -3.39. The highest BCUT2D eigenvalue weighted by atomic mass is 19.3. The minimum absolute atomic E-state index is 0.00306. The Morgan fingerprint density at radius 3 is 2.64 bits per heavy atom. The Bertz CT molecular complexity index is 907. The lowest BCUT2D eigenvalue weighted by atomic mass is 10.0. The predicted molar refractivity (Wildman–Crippen MR) is 132 cm³/mol. The summed E-state index contributed by atoms with van der Waals surface area (Å²) in [7, 11) is 0. The number of hydrogen-bond acceptors (Lipinski definition) is 5. The summed E-state index contributed by atoms with van der Waals surface area (Å²) < 4.78 is 33.3. The van der Waals surface area contributed by atoms with Crippen molar-refractivity contribution in [2.45, 2.75) is 76.5 Å². The van der Waals surface area contributed by atoms with Gasteiger partial charge < -0.3 is 20.3 Å². The fourth-order valence-electron chi connectivity index (χ4n) is 4.65. The van der Waals surface area contributed by atoms with Crippen LogP contribution in [0.4, 0.5) is 13.6 Å². The molecule has 2 N–H and O–H groups in total. The van der Waals surface area contributed by atoms with Gasteiger partial charge in [0.2, 0.25) is 5.91 Å². The van der Waals surface area contributed by atoms with E-state index in [9.17, 15) is 23.2 Å². The zero-order valence-corrected chi connectivity index (χ0v) is 21.4. The zero-order valence-electron chi connectivity index (χ0n) is 21.4. The fourth-order valence-corrected chi connectivity index (χ4v) is 4.65. The first-order valence-electron chi connectivity index (χ1n) is 12.6. The van der Waals surface area contributed by atoms with Gasteiger partial charge in [-0.3, -0.25) is 14.5 Å². The van der Waals surface area contributed by atoms with E-state index in [0.29, 0.717) is 25.1 Å². The van der Waals surface area contributed by atoms with Gasteiger partial charge >= 0.3 is 6.09 Å². The van der Waals surface area contributed by atoms with E-state index in [1.54, 1.807) is 32.9 Å². The second-order valence-electron chi connectivity index (χ2n) is 10.7. The van der Waals surface area contributed by atoms with Crippen LogP contribution < -0.4 is 10.6 Å². The molecule has 0 spiro atoms. The van der Waals surface area contributed by atoms with E-state index >= 15 is 0 Å². The summed E-state index contributed by atoms with van der Waals surface area (Å²) in [5.41, 5.74) is -0.105. The quantitative estimate of drug-likeness (QED) is 0.534. The molecular weight excluding hydrogens is 470 g/mol. The molecular formula is C26H38F2N4O4. The van der Waals surface area contributed by atoms with Crippen molar-refractivity contribution >= 4 is 17.9 Å². The highest BCUT2D eigenvalue weighted by molar-refractivity contribution is 5.94. The number of carbonyl (C=O) groups excluding carboxylic acids is 3. The van der Waals surface area contributed by atoms with Crippen LogP contribution in [-0.2, 0) is 9.53 Å². The number of nitrogens with one attached hydrogen (secondary N) is 2. The Labute approximate surface area is 211 Å². The third kappa shape index (κ3) is 8.72. The molecule has 0 bridgehead atoms. The first kappa shape index (κ1) is 27.8. The number of halogens is 2. The van der Waals surface area contributed by atoms with E-state index in [4.69, 9.17) is 4.74 Å². The van der Waals surface area contributed by atoms with E-state index in [-0.39, 0.29) is 30.8 Å². The second kappa shape index (κ2) is 12.0. The molecule has 1 aromatic rings. The molecule has 1 aromatic carbocycles. The molecule has 0 radical (unpaired) electrons. The molecule has 8 nitrogen and oxygen atoms in total. The summed E-state index contributed by atoms with van der Waals surface area (Å²) in [6.45, 7) is 6.51. The van der Waals surface area contributed by atoms with Crippen molar-refractivity contribution in [3.63, 3.8) is 0 Å². The molecule has 200 valence electrons. The standard InChI is InChI=1S/C26H38F2N4O4/c1-25(2,3)36-24(35)30-20(17-32-18-26(27,28)13-11-22(32)33)12-15-31-14-7-10-21(31)16-29-23(34)19-8-5-4-6-9-19/h4-6,8-9,20-21H,7,10-18H2,1-3H3,(H,29,34)(H,30,35)/t20-,21-/m0/s1. The van der Waals surface area contributed by atoms with Gasteiger partial charge in [-0.1, -0.05) is 18.2 Å². The molecule has 2 fully saturated rings. The molecule has 36 heavy (non-hydrogen) atoms. The third-order valence-corrected chi connectivity index (χ3v) is 6.44. The second-order valence-corrected chi connectivity index (χ2v) is 10.7. The van der Waals surface area contributed by atoms with Crippen LogP contribution >= 0.6 is 0 Å². The maximum absolute atomic E-state index is 14.0. The smallest absolute Gasteiger partial charge is 0.407 e. The van der Waals surface area contributed by atoms with Crippen molar-refractivity contribution in [3.05, 3.63) is 35.9 Å². The minimum atomic E-state index is -2.93. The van der Waals surface area contributed by atoms with Gasteiger partial charge in [-0.25, -0.2) is 13.6 Å². The molecule has 2 aliphatic heterocycles. The Kier molecular flexibility index (Phi) is 9.27. The number of likely N-dealkylation sites (tertiary alicyclic amines) is 2. The summed E-state index contributed by atoms with van der Waals surface area (Å²) in [6, 6.07) is 8.61. The molecule has 2 atom stereocenters. The van der Waals surface area contributed by atoms with Crippen LogP contribution in [0, 0.1) is 0 Å². The normalized spacial score (nSPS) is 21.2. The number of carbonyl (C=O) groups is 3. The molecule has 2 saturated heterocycles. The minimum Gasteiger partial charge on any atom is -0.444 e. The first-order chi connectivity index (χ1) is 16.9. The van der Waals surface area contributed by atoms with Crippen LogP contribution in [0.1, 0.15) is 63.2 Å². The Hall–Kier alpha value is -2.75. The molecule has 0 aliphatic carbocycles. The number of ether oxygens (including phenoxy) is 1. The van der Waals surface area contributed by atoms with Gasteiger partial charge in [0.05, 0.1) is 12.6 Å². The summed E-state index contributed by atoms with van der Waals surface area (Å²) in [5, 5.41) is 5.77. The lowest BCUT2D eigenvalue weighted by Gasteiger charge is -2.35. The van der Waals surface area contributed by atoms with Crippen molar-refractivity contribution in [2.75, 3.05) is 32.7 Å². The van der Waals surface area contributed by atoms with Crippen molar-refractivity contribution in [2.24, 2.45) is 0 Å². The molecule has 3 rings (SSSR count). The van der Waals surface area contributed by atoms with Crippen LogP contribution in [0.2, 0.25) is 0 Å². The monoisotopic (exact) mass is 508 g/mol. The molecule has 0 aromatic heterocycles. The van der Waals surface area contributed by atoms with Crippen LogP contribution in [0.25, 0.3) is 0 Å². The highest BCUT2D eigenvalue weighted by Crippen LogP contribution is 2.27. The molecule has 2 aliphatic rings. The highest BCUT2D eigenvalue weighted by Gasteiger charge is 2.40. The number of benzene rings is 1. The Balaban J connectivity index is 1.58. The van der Waals surface area contributed by atoms with Gasteiger partial charge in [-0.2, -0.15) is 0 Å². The molecule has 3 amide bonds. The van der Waals surface area contributed by atoms with Crippen LogP contribution in [0.5, 0.6) is 0 Å². The number of amides is 3. The SMILES string of the molecule is CC(C)(C)OC(=O)N[C@@H](CCN1CCC[C@H]1CNC(=O)c1ccccc1)CN1CC(F)(F)CCC1=O. The number of hydrogen-bond donors (Lipinski definition) is 2. The average Bonchev–Trinajstić information content (AvgIpc) is 3.25. The van der Waals surface area contributed by atoms with Gasteiger partial charge in [0, 0.05) is 44.1 Å². The Morgan fingerprint density at radius 2 is 1.94 bits per heavy atom. The summed E-state index contributed by atoms with van der Waals surface area (Å²) in [6.07, 6.45) is 1.07. The zero-order chi connectivity index (χ0) is 26.3. The van der Waals surface area contributed by atoms with Crippen LogP contribution in [0.3, 0.4) is 0 Å². The van der Waals surface area contributed by atoms with Gasteiger partial charge in [0.1, 0.15) is 5.60 Å².